The maximum absolute atomic E-state index is 13.8. The Morgan fingerprint density at radius 1 is 0.909 bits per heavy atom. The molecule has 3 aromatic carbocycles. The fraction of sp³-hybridized carbons (Fsp3) is 0.400. The molecule has 0 spiro atoms. The van der Waals surface area contributed by atoms with Gasteiger partial charge in [0.2, 0.25) is 11.5 Å². The van der Waals surface area contributed by atoms with E-state index >= 15 is 0 Å². The topological polar surface area (TPSA) is 97.0 Å². The summed E-state index contributed by atoms with van der Waals surface area (Å²) in [6, 6.07) is 21.8. The Bertz CT molecular complexity index is 1570. The highest BCUT2D eigenvalue weighted by atomic mass is 16.5. The number of piperidine rings is 1. The molecule has 0 bridgehead atoms. The van der Waals surface area contributed by atoms with Gasteiger partial charge in [-0.15, -0.1) is 0 Å². The van der Waals surface area contributed by atoms with Gasteiger partial charge in [-0.25, -0.2) is 4.98 Å². The van der Waals surface area contributed by atoms with Crippen LogP contribution in [0.2, 0.25) is 0 Å². The Balaban J connectivity index is 1.13. The maximum Gasteiger partial charge on any atom is 0.254 e. The van der Waals surface area contributed by atoms with E-state index in [1.165, 1.54) is 5.56 Å². The number of aromatic nitrogens is 2. The normalized spacial score (nSPS) is 19.3. The van der Waals surface area contributed by atoms with Crippen LogP contribution in [0.4, 0.5) is 0 Å². The Labute approximate surface area is 258 Å². The van der Waals surface area contributed by atoms with Crippen LogP contribution in [0.3, 0.4) is 0 Å². The van der Waals surface area contributed by atoms with Crippen molar-refractivity contribution in [2.75, 3.05) is 54.1 Å². The highest BCUT2D eigenvalue weighted by molar-refractivity contribution is 5.97. The highest BCUT2D eigenvalue weighted by Crippen LogP contribution is 2.41. The number of ketones is 1. The molecule has 6 rings (SSSR count). The van der Waals surface area contributed by atoms with E-state index in [9.17, 15) is 9.59 Å². The van der Waals surface area contributed by atoms with Gasteiger partial charge < -0.3 is 29.0 Å². The van der Waals surface area contributed by atoms with Crippen molar-refractivity contribution in [1.29, 1.82) is 0 Å². The minimum Gasteiger partial charge on any atom is -0.493 e. The zero-order valence-corrected chi connectivity index (χ0v) is 25.7. The molecule has 2 fully saturated rings. The average molecular weight is 597 g/mol. The van der Waals surface area contributed by atoms with E-state index in [0.29, 0.717) is 41.7 Å². The average Bonchev–Trinajstić information content (AvgIpc) is 3.72. The number of nitrogens with one attached hydrogen (secondary N) is 1. The van der Waals surface area contributed by atoms with Crippen molar-refractivity contribution in [3.8, 4) is 17.2 Å². The van der Waals surface area contributed by atoms with Crippen molar-refractivity contribution in [3.63, 3.8) is 0 Å². The molecule has 1 aromatic heterocycles. The second-order valence-corrected chi connectivity index (χ2v) is 11.9. The van der Waals surface area contributed by atoms with E-state index in [1.807, 2.05) is 35.2 Å². The number of H-pyrrole nitrogens is 1. The Morgan fingerprint density at radius 3 is 2.25 bits per heavy atom. The van der Waals surface area contributed by atoms with E-state index in [2.05, 4.69) is 39.1 Å². The second-order valence-electron chi connectivity index (χ2n) is 11.9. The van der Waals surface area contributed by atoms with Crippen LogP contribution in [0.25, 0.3) is 11.0 Å². The number of likely N-dealkylation sites (tertiary alicyclic amines) is 2. The number of carbonyl (C=O) groups excluding carboxylic acids is 2. The van der Waals surface area contributed by atoms with Crippen molar-refractivity contribution in [3.05, 3.63) is 83.7 Å². The molecule has 230 valence electrons. The molecule has 1 N–H and O–H groups in total. The summed E-state index contributed by atoms with van der Waals surface area (Å²) in [5.74, 6) is 1.90. The lowest BCUT2D eigenvalue weighted by molar-refractivity contribution is 0.0778. The van der Waals surface area contributed by atoms with E-state index in [4.69, 9.17) is 14.2 Å². The first-order chi connectivity index (χ1) is 21.4. The predicted octanol–water partition coefficient (Wildman–Crippen LogP) is 5.36. The summed E-state index contributed by atoms with van der Waals surface area (Å²) < 4.78 is 16.5. The molecule has 1 atom stereocenters. The quantitative estimate of drug-likeness (QED) is 0.246. The number of carbonyl (C=O) groups is 2. The van der Waals surface area contributed by atoms with Crippen LogP contribution < -0.4 is 14.2 Å². The first-order valence-corrected chi connectivity index (χ1v) is 15.3. The number of methoxy groups -OCH3 is 3. The third kappa shape index (κ3) is 5.76. The summed E-state index contributed by atoms with van der Waals surface area (Å²) >= 11 is 0. The number of imidazole rings is 1. The summed E-state index contributed by atoms with van der Waals surface area (Å²) in [6.07, 6.45) is 3.45. The van der Waals surface area contributed by atoms with E-state index in [-0.39, 0.29) is 23.0 Å². The molecule has 1 amide bonds. The molecule has 2 aliphatic heterocycles. The zero-order chi connectivity index (χ0) is 30.7. The number of hydrogen-bond donors (Lipinski definition) is 1. The molecule has 9 heteroatoms. The van der Waals surface area contributed by atoms with Gasteiger partial charge >= 0.3 is 0 Å². The van der Waals surface area contributed by atoms with Crippen LogP contribution in [-0.4, -0.2) is 85.5 Å². The molecule has 2 aliphatic rings. The fourth-order valence-corrected chi connectivity index (χ4v) is 6.86. The summed E-state index contributed by atoms with van der Waals surface area (Å²) in [5.41, 5.74) is 3.34. The molecular weight excluding hydrogens is 556 g/mol. The lowest BCUT2D eigenvalue weighted by atomic mass is 9.76. The van der Waals surface area contributed by atoms with Gasteiger partial charge in [0.05, 0.1) is 32.4 Å². The molecule has 0 aliphatic carbocycles. The van der Waals surface area contributed by atoms with Crippen LogP contribution in [0, 0.1) is 5.92 Å². The van der Waals surface area contributed by atoms with Crippen molar-refractivity contribution < 1.29 is 23.8 Å². The molecule has 0 radical (unpaired) electrons. The predicted molar refractivity (Wildman–Crippen MR) is 169 cm³/mol. The number of Topliss-reactive ketones (excluding diaryl/α,β-unsaturated/α-hetero) is 1. The Kier molecular flexibility index (Phi) is 8.57. The SMILES string of the molecule is COc1cc(C(=O)N2CCC(CCN3CCC(C(=O)c4nc5ccccc5[nH]4)CC3)(c3ccccc3)C2)cc(OC)c1OC. The molecule has 3 heterocycles. The summed E-state index contributed by atoms with van der Waals surface area (Å²) in [7, 11) is 4.66. The number of fused-ring (bicyclic) bond motifs is 1. The minimum absolute atomic E-state index is 0.0204. The van der Waals surface area contributed by atoms with E-state index in [0.717, 1.165) is 56.4 Å². The van der Waals surface area contributed by atoms with Crippen molar-refractivity contribution in [2.24, 2.45) is 5.92 Å². The van der Waals surface area contributed by atoms with Gasteiger partial charge in [-0.2, -0.15) is 0 Å². The third-order valence-corrected chi connectivity index (χ3v) is 9.43. The van der Waals surface area contributed by atoms with Gasteiger partial charge in [0.1, 0.15) is 0 Å². The number of nitrogens with zero attached hydrogens (tertiary/aromatic N) is 3. The molecule has 9 nitrogen and oxygen atoms in total. The van der Waals surface area contributed by atoms with Gasteiger partial charge in [-0.1, -0.05) is 42.5 Å². The first kappa shape index (κ1) is 29.7. The smallest absolute Gasteiger partial charge is 0.254 e. The van der Waals surface area contributed by atoms with Crippen LogP contribution in [0.1, 0.15) is 52.2 Å². The highest BCUT2D eigenvalue weighted by Gasteiger charge is 2.42. The number of benzene rings is 3. The van der Waals surface area contributed by atoms with Gasteiger partial charge in [0.25, 0.3) is 5.91 Å². The lowest BCUT2D eigenvalue weighted by Crippen LogP contribution is -2.41. The van der Waals surface area contributed by atoms with Gasteiger partial charge in [0, 0.05) is 30.0 Å². The van der Waals surface area contributed by atoms with E-state index < -0.39 is 0 Å². The first-order valence-electron chi connectivity index (χ1n) is 15.3. The number of aromatic amines is 1. The molecule has 0 saturated carbocycles. The molecule has 4 aromatic rings. The zero-order valence-electron chi connectivity index (χ0n) is 25.7. The maximum atomic E-state index is 13.8. The number of ether oxygens (including phenoxy) is 3. The molecule has 2 saturated heterocycles. The van der Waals surface area contributed by atoms with Gasteiger partial charge in [0.15, 0.2) is 17.3 Å². The molecular formula is C35H40N4O5. The fourth-order valence-electron chi connectivity index (χ4n) is 6.86. The summed E-state index contributed by atoms with van der Waals surface area (Å²) in [5, 5.41) is 0. The largest absolute Gasteiger partial charge is 0.493 e. The number of rotatable bonds is 10. The third-order valence-electron chi connectivity index (χ3n) is 9.43. The van der Waals surface area contributed by atoms with Crippen molar-refractivity contribution in [1.82, 2.24) is 19.8 Å². The van der Waals surface area contributed by atoms with E-state index in [1.54, 1.807) is 33.5 Å². The Hall–Kier alpha value is -4.37. The lowest BCUT2D eigenvalue weighted by Gasteiger charge is -2.36. The van der Waals surface area contributed by atoms with Crippen molar-refractivity contribution >= 4 is 22.7 Å². The summed E-state index contributed by atoms with van der Waals surface area (Å²) in [4.78, 5) is 39.2. The van der Waals surface area contributed by atoms with Gasteiger partial charge in [-0.05, 0) is 75.1 Å². The Morgan fingerprint density at radius 2 is 1.59 bits per heavy atom. The van der Waals surface area contributed by atoms with Crippen LogP contribution in [-0.2, 0) is 5.41 Å². The minimum atomic E-state index is -0.154. The second kappa shape index (κ2) is 12.7. The van der Waals surface area contributed by atoms with Crippen LogP contribution >= 0.6 is 0 Å². The molecule has 44 heavy (non-hydrogen) atoms. The van der Waals surface area contributed by atoms with Crippen LogP contribution in [0.5, 0.6) is 17.2 Å². The van der Waals surface area contributed by atoms with Gasteiger partial charge in [-0.3, -0.25) is 9.59 Å². The summed E-state index contributed by atoms with van der Waals surface area (Å²) in [6.45, 7) is 3.95. The number of para-hydroxylation sites is 2. The number of amides is 1. The van der Waals surface area contributed by atoms with Crippen molar-refractivity contribution in [2.45, 2.75) is 31.1 Å². The molecule has 1 unspecified atom stereocenters. The number of hydrogen-bond acceptors (Lipinski definition) is 7. The van der Waals surface area contributed by atoms with Crippen LogP contribution in [0.15, 0.2) is 66.7 Å². The monoisotopic (exact) mass is 596 g/mol. The standard InChI is InChI=1S/C35H40N4O5/c1-42-29-21-25(22-30(43-2)32(29)44-3)34(41)39-20-16-35(23-39,26-9-5-4-6-10-26)15-19-38-17-13-24(14-18-38)31(40)33-36-27-11-7-8-12-28(27)37-33/h4-12,21-22,24H,13-20,23H2,1-3H3,(H,36,37).